The molecule has 0 spiro atoms. The lowest BCUT2D eigenvalue weighted by Crippen LogP contribution is -2.20. The summed E-state index contributed by atoms with van der Waals surface area (Å²) in [4.78, 5) is 2.20. The molecular weight excluding hydrogens is 276 g/mol. The molecular formula is C12H14N6OS. The monoisotopic (exact) mass is 290 g/mol. The van der Waals surface area contributed by atoms with Gasteiger partial charge in [0.15, 0.2) is 0 Å². The van der Waals surface area contributed by atoms with Crippen molar-refractivity contribution in [3.63, 3.8) is 0 Å². The van der Waals surface area contributed by atoms with Crippen LogP contribution in [0.1, 0.15) is 23.0 Å². The first-order valence-corrected chi connectivity index (χ1v) is 7.12. The Labute approximate surface area is 120 Å². The van der Waals surface area contributed by atoms with Crippen molar-refractivity contribution in [3.8, 4) is 6.07 Å². The Balaban J connectivity index is 1.68. The molecule has 8 heteroatoms. The van der Waals surface area contributed by atoms with Crippen LogP contribution in [0.25, 0.3) is 0 Å². The van der Waals surface area contributed by atoms with Crippen LogP contribution in [-0.2, 0) is 11.3 Å². The Morgan fingerprint density at radius 3 is 3.20 bits per heavy atom. The topological polar surface area (TPSA) is 79.9 Å². The van der Waals surface area contributed by atoms with Crippen molar-refractivity contribution >= 4 is 16.5 Å². The van der Waals surface area contributed by atoms with Gasteiger partial charge in [0.1, 0.15) is 17.7 Å². The second-order valence-electron chi connectivity index (χ2n) is 4.62. The fourth-order valence-electron chi connectivity index (χ4n) is 2.28. The number of ether oxygens (including phenoxy) is 1. The van der Waals surface area contributed by atoms with E-state index in [0.29, 0.717) is 12.2 Å². The average molecular weight is 290 g/mol. The van der Waals surface area contributed by atoms with Gasteiger partial charge in [-0.1, -0.05) is 11.3 Å². The summed E-state index contributed by atoms with van der Waals surface area (Å²) in [5.74, 6) is 0. The second kappa shape index (κ2) is 5.56. The second-order valence-corrected chi connectivity index (χ2v) is 5.66. The third kappa shape index (κ3) is 2.50. The van der Waals surface area contributed by atoms with Gasteiger partial charge in [-0.2, -0.15) is 10.4 Å². The summed E-state index contributed by atoms with van der Waals surface area (Å²) in [7, 11) is 1.65. The number of anilines is 1. The zero-order valence-corrected chi connectivity index (χ0v) is 11.9. The average Bonchev–Trinajstić information content (AvgIpc) is 3.18. The van der Waals surface area contributed by atoms with Gasteiger partial charge in [-0.05, 0) is 6.42 Å². The van der Waals surface area contributed by atoms with Crippen LogP contribution in [0.15, 0.2) is 12.4 Å². The van der Waals surface area contributed by atoms with Crippen LogP contribution in [0.3, 0.4) is 0 Å². The molecule has 1 unspecified atom stereocenters. The summed E-state index contributed by atoms with van der Waals surface area (Å²) in [5, 5.41) is 23.2. The van der Waals surface area contributed by atoms with Gasteiger partial charge in [0, 0.05) is 26.4 Å². The minimum Gasteiger partial charge on any atom is -0.377 e. The number of nitriles is 1. The molecule has 1 atom stereocenters. The van der Waals surface area contributed by atoms with Crippen LogP contribution in [-0.4, -0.2) is 40.2 Å². The van der Waals surface area contributed by atoms with E-state index in [1.807, 2.05) is 4.68 Å². The lowest BCUT2D eigenvalue weighted by molar-refractivity contribution is 0.184. The van der Waals surface area contributed by atoms with Crippen molar-refractivity contribution in [2.75, 3.05) is 25.1 Å². The third-order valence-corrected chi connectivity index (χ3v) is 4.22. The molecule has 0 aromatic carbocycles. The molecule has 0 bridgehead atoms. The lowest BCUT2D eigenvalue weighted by Gasteiger charge is -2.14. The quantitative estimate of drug-likeness (QED) is 0.842. The zero-order valence-electron chi connectivity index (χ0n) is 11.1. The maximum Gasteiger partial charge on any atom is 0.208 e. The molecule has 2 aromatic rings. The maximum atomic E-state index is 8.83. The zero-order chi connectivity index (χ0) is 13.9. The Bertz CT molecular complexity index is 630. The first-order chi connectivity index (χ1) is 9.80. The summed E-state index contributed by atoms with van der Waals surface area (Å²) in [5.41, 5.74) is 0.599. The smallest absolute Gasteiger partial charge is 0.208 e. The van der Waals surface area contributed by atoms with Crippen molar-refractivity contribution < 1.29 is 4.74 Å². The summed E-state index contributed by atoms with van der Waals surface area (Å²) in [6, 6.07) is 2.38. The van der Waals surface area contributed by atoms with Crippen molar-refractivity contribution in [2.45, 2.75) is 19.1 Å². The maximum absolute atomic E-state index is 8.83. The summed E-state index contributed by atoms with van der Waals surface area (Å²) in [6.45, 7) is 2.27. The van der Waals surface area contributed by atoms with Gasteiger partial charge in [-0.25, -0.2) is 0 Å². The molecule has 1 aliphatic rings. The minimum absolute atomic E-state index is 0.284. The molecule has 0 aliphatic carbocycles. The van der Waals surface area contributed by atoms with Crippen molar-refractivity contribution in [1.29, 1.82) is 5.26 Å². The van der Waals surface area contributed by atoms with E-state index in [2.05, 4.69) is 26.3 Å². The van der Waals surface area contributed by atoms with E-state index in [1.165, 1.54) is 0 Å². The fraction of sp³-hybridized carbons (Fsp3) is 0.500. The van der Waals surface area contributed by atoms with Crippen LogP contribution in [0, 0.1) is 11.3 Å². The van der Waals surface area contributed by atoms with E-state index in [4.69, 9.17) is 10.00 Å². The van der Waals surface area contributed by atoms with Gasteiger partial charge in [0.2, 0.25) is 5.13 Å². The Morgan fingerprint density at radius 2 is 2.45 bits per heavy atom. The predicted molar refractivity (Wildman–Crippen MR) is 73.4 cm³/mol. The number of methoxy groups -OCH3 is 1. The van der Waals surface area contributed by atoms with Gasteiger partial charge in [-0.15, -0.1) is 10.2 Å². The van der Waals surface area contributed by atoms with Gasteiger partial charge in [0.25, 0.3) is 0 Å². The number of hydrogen-bond acceptors (Lipinski definition) is 7. The number of nitrogens with zero attached hydrogens (tertiary/aromatic N) is 6. The molecule has 0 saturated carbocycles. The molecule has 104 valence electrons. The highest BCUT2D eigenvalue weighted by molar-refractivity contribution is 7.15. The van der Waals surface area contributed by atoms with E-state index in [9.17, 15) is 0 Å². The molecule has 20 heavy (non-hydrogen) atoms. The largest absolute Gasteiger partial charge is 0.377 e. The van der Waals surface area contributed by atoms with Crippen LogP contribution >= 0.6 is 11.3 Å². The normalized spacial score (nSPS) is 18.4. The SMILES string of the molecule is COCc1nnc(N2CCC(n3cc(C#N)cn3)C2)s1. The van der Waals surface area contributed by atoms with Crippen LogP contribution in [0.5, 0.6) is 0 Å². The van der Waals surface area contributed by atoms with Crippen molar-refractivity contribution in [3.05, 3.63) is 23.0 Å². The van der Waals surface area contributed by atoms with E-state index in [1.54, 1.807) is 30.8 Å². The van der Waals surface area contributed by atoms with Crippen LogP contribution < -0.4 is 4.90 Å². The first-order valence-electron chi connectivity index (χ1n) is 6.30. The summed E-state index contributed by atoms with van der Waals surface area (Å²) in [6.07, 6.45) is 4.39. The van der Waals surface area contributed by atoms with Gasteiger partial charge >= 0.3 is 0 Å². The van der Waals surface area contributed by atoms with Gasteiger partial charge in [-0.3, -0.25) is 4.68 Å². The van der Waals surface area contributed by atoms with Gasteiger partial charge < -0.3 is 9.64 Å². The highest BCUT2D eigenvalue weighted by Gasteiger charge is 2.26. The number of rotatable bonds is 4. The Morgan fingerprint density at radius 1 is 1.55 bits per heavy atom. The standard InChI is InChI=1S/C12H14N6OS/c1-19-8-11-15-16-12(20-11)17-3-2-10(7-17)18-6-9(4-13)5-14-18/h5-6,10H,2-3,7-8H2,1H3. The molecule has 0 radical (unpaired) electrons. The lowest BCUT2D eigenvalue weighted by atomic mass is 10.3. The minimum atomic E-state index is 0.284. The van der Waals surface area contributed by atoms with Crippen LogP contribution in [0.4, 0.5) is 5.13 Å². The molecule has 7 nitrogen and oxygen atoms in total. The molecule has 1 fully saturated rings. The summed E-state index contributed by atoms with van der Waals surface area (Å²) < 4.78 is 6.92. The van der Waals surface area contributed by atoms with E-state index >= 15 is 0 Å². The van der Waals surface area contributed by atoms with Crippen molar-refractivity contribution in [1.82, 2.24) is 20.0 Å². The molecule has 3 heterocycles. The van der Waals surface area contributed by atoms with Crippen molar-refractivity contribution in [2.24, 2.45) is 0 Å². The summed E-state index contributed by atoms with van der Waals surface area (Å²) >= 11 is 1.56. The van der Waals surface area contributed by atoms with E-state index < -0.39 is 0 Å². The molecule has 1 saturated heterocycles. The van der Waals surface area contributed by atoms with E-state index in [-0.39, 0.29) is 6.04 Å². The highest BCUT2D eigenvalue weighted by Crippen LogP contribution is 2.29. The first kappa shape index (κ1) is 13.0. The molecule has 1 aliphatic heterocycles. The fourth-order valence-corrected chi connectivity index (χ4v) is 3.13. The predicted octanol–water partition coefficient (Wildman–Crippen LogP) is 1.20. The molecule has 3 rings (SSSR count). The number of aromatic nitrogens is 4. The Kier molecular flexibility index (Phi) is 3.62. The molecule has 0 N–H and O–H groups in total. The van der Waals surface area contributed by atoms with Crippen LogP contribution in [0.2, 0.25) is 0 Å². The molecule has 2 aromatic heterocycles. The Hall–Kier alpha value is -1.98. The van der Waals surface area contributed by atoms with Gasteiger partial charge in [0.05, 0.1) is 17.8 Å². The third-order valence-electron chi connectivity index (χ3n) is 3.26. The van der Waals surface area contributed by atoms with E-state index in [0.717, 1.165) is 29.6 Å². The molecule has 0 amide bonds. The number of hydrogen-bond donors (Lipinski definition) is 0. The highest BCUT2D eigenvalue weighted by atomic mass is 32.1.